The van der Waals surface area contributed by atoms with Gasteiger partial charge >= 0.3 is 0 Å². The van der Waals surface area contributed by atoms with E-state index < -0.39 is 0 Å². The van der Waals surface area contributed by atoms with E-state index in [9.17, 15) is 4.79 Å². The largest absolute Gasteiger partial charge is 0.360 e. The van der Waals surface area contributed by atoms with E-state index in [1.165, 1.54) is 0 Å². The normalized spacial score (nSPS) is 11.9. The Bertz CT molecular complexity index is 636. The van der Waals surface area contributed by atoms with Gasteiger partial charge in [-0.15, -0.1) is 0 Å². The molecule has 0 spiro atoms. The zero-order valence-corrected chi connectivity index (χ0v) is 13.3. The smallest absolute Gasteiger partial charge is 0.215 e. The monoisotopic (exact) mass is 286 g/mol. The Morgan fingerprint density at radius 1 is 1.24 bits per heavy atom. The number of rotatable bonds is 4. The zero-order valence-electron chi connectivity index (χ0n) is 13.3. The first-order chi connectivity index (χ1) is 9.79. The van der Waals surface area contributed by atoms with Crippen LogP contribution in [0.3, 0.4) is 0 Å². The fraction of sp³-hybridized carbons (Fsp3) is 0.412. The summed E-state index contributed by atoms with van der Waals surface area (Å²) in [5.74, 6) is 0.627. The summed E-state index contributed by atoms with van der Waals surface area (Å²) in [4.78, 5) is 14.7. The summed E-state index contributed by atoms with van der Waals surface area (Å²) in [5, 5.41) is 3.94. The Morgan fingerprint density at radius 3 is 2.48 bits per heavy atom. The van der Waals surface area contributed by atoms with Crippen molar-refractivity contribution in [3.8, 4) is 0 Å². The third-order valence-electron chi connectivity index (χ3n) is 3.23. The summed E-state index contributed by atoms with van der Waals surface area (Å²) in [6.45, 7) is 6.80. The van der Waals surface area contributed by atoms with Crippen LogP contribution in [-0.4, -0.2) is 29.9 Å². The standard InChI is InChI=1S/C17H22N2O2/c1-17(2,3)15-10-14(18-21-15)16(20)13-9-7-6-8-12(13)11-19(4)5/h6-10H,11H2,1-5H3. The van der Waals surface area contributed by atoms with Gasteiger partial charge in [-0.1, -0.05) is 50.2 Å². The third kappa shape index (κ3) is 3.58. The van der Waals surface area contributed by atoms with Gasteiger partial charge < -0.3 is 9.42 Å². The highest BCUT2D eigenvalue weighted by Gasteiger charge is 2.23. The Balaban J connectivity index is 2.34. The first kappa shape index (κ1) is 15.4. The molecule has 0 N–H and O–H groups in total. The molecule has 0 saturated carbocycles. The second kappa shape index (κ2) is 5.82. The molecular formula is C17H22N2O2. The molecule has 0 amide bonds. The minimum atomic E-state index is -0.158. The van der Waals surface area contributed by atoms with Crippen molar-refractivity contribution in [2.75, 3.05) is 14.1 Å². The summed E-state index contributed by atoms with van der Waals surface area (Å²) in [6, 6.07) is 9.37. The van der Waals surface area contributed by atoms with Gasteiger partial charge in [-0.25, -0.2) is 0 Å². The average Bonchev–Trinajstić information content (AvgIpc) is 2.87. The Hall–Kier alpha value is -1.94. The molecule has 4 nitrogen and oxygen atoms in total. The summed E-state index contributed by atoms with van der Waals surface area (Å²) < 4.78 is 5.31. The van der Waals surface area contributed by atoms with Gasteiger partial charge in [-0.3, -0.25) is 4.79 Å². The molecule has 112 valence electrons. The number of hydrogen-bond donors (Lipinski definition) is 0. The van der Waals surface area contributed by atoms with Crippen molar-refractivity contribution in [1.29, 1.82) is 0 Å². The van der Waals surface area contributed by atoms with E-state index in [4.69, 9.17) is 4.52 Å². The summed E-state index contributed by atoms with van der Waals surface area (Å²) in [7, 11) is 3.96. The van der Waals surface area contributed by atoms with Gasteiger partial charge in [0, 0.05) is 23.6 Å². The highest BCUT2D eigenvalue weighted by Crippen LogP contribution is 2.24. The molecule has 2 rings (SSSR count). The number of carbonyl (C=O) groups excluding carboxylic acids is 1. The predicted molar refractivity (Wildman–Crippen MR) is 82.5 cm³/mol. The van der Waals surface area contributed by atoms with Crippen LogP contribution in [-0.2, 0) is 12.0 Å². The fourth-order valence-electron chi connectivity index (χ4n) is 2.09. The molecular weight excluding hydrogens is 264 g/mol. The summed E-state index contributed by atoms with van der Waals surface area (Å²) in [6.07, 6.45) is 0. The van der Waals surface area contributed by atoms with Gasteiger partial charge in [0.15, 0.2) is 5.69 Å². The highest BCUT2D eigenvalue weighted by molar-refractivity contribution is 6.08. The van der Waals surface area contributed by atoms with Gasteiger partial charge in [0.2, 0.25) is 5.78 Å². The van der Waals surface area contributed by atoms with E-state index in [0.717, 1.165) is 11.3 Å². The van der Waals surface area contributed by atoms with Gasteiger partial charge in [0.05, 0.1) is 0 Å². The number of ketones is 1. The quantitative estimate of drug-likeness (QED) is 0.809. The summed E-state index contributed by atoms with van der Waals surface area (Å²) >= 11 is 0. The van der Waals surface area contributed by atoms with Crippen molar-refractivity contribution in [1.82, 2.24) is 10.1 Å². The fourth-order valence-corrected chi connectivity index (χ4v) is 2.09. The first-order valence-electron chi connectivity index (χ1n) is 7.03. The molecule has 0 fully saturated rings. The lowest BCUT2D eigenvalue weighted by atomic mass is 9.92. The Labute approximate surface area is 125 Å². The van der Waals surface area contributed by atoms with Crippen LogP contribution in [0.15, 0.2) is 34.9 Å². The van der Waals surface area contributed by atoms with E-state index in [2.05, 4.69) is 5.16 Å². The number of benzene rings is 1. The predicted octanol–water partition coefficient (Wildman–Crippen LogP) is 3.26. The Kier molecular flexibility index (Phi) is 4.28. The molecule has 0 aliphatic carbocycles. The van der Waals surface area contributed by atoms with Crippen molar-refractivity contribution in [2.24, 2.45) is 0 Å². The third-order valence-corrected chi connectivity index (χ3v) is 3.23. The molecule has 0 radical (unpaired) electrons. The molecule has 21 heavy (non-hydrogen) atoms. The lowest BCUT2D eigenvalue weighted by molar-refractivity contribution is 0.102. The van der Waals surface area contributed by atoms with Crippen LogP contribution in [0.25, 0.3) is 0 Å². The molecule has 0 aliphatic rings. The lowest BCUT2D eigenvalue weighted by Gasteiger charge is -2.13. The van der Waals surface area contributed by atoms with Gasteiger partial charge in [0.25, 0.3) is 0 Å². The maximum Gasteiger partial charge on any atom is 0.215 e. The zero-order chi connectivity index (χ0) is 15.6. The van der Waals surface area contributed by atoms with Crippen molar-refractivity contribution in [3.63, 3.8) is 0 Å². The Morgan fingerprint density at radius 2 is 1.90 bits per heavy atom. The topological polar surface area (TPSA) is 46.3 Å². The molecule has 1 heterocycles. The molecule has 1 aromatic carbocycles. The minimum Gasteiger partial charge on any atom is -0.360 e. The molecule has 0 saturated heterocycles. The number of aromatic nitrogens is 1. The van der Waals surface area contributed by atoms with Crippen LogP contribution in [0.2, 0.25) is 0 Å². The number of carbonyl (C=O) groups is 1. The minimum absolute atomic E-state index is 0.0910. The maximum atomic E-state index is 12.6. The molecule has 0 atom stereocenters. The molecule has 0 unspecified atom stereocenters. The molecule has 0 bridgehead atoms. The van der Waals surface area contributed by atoms with E-state index in [1.54, 1.807) is 6.07 Å². The van der Waals surface area contributed by atoms with Gasteiger partial charge in [-0.05, 0) is 19.7 Å². The second-order valence-corrected chi connectivity index (χ2v) is 6.55. The van der Waals surface area contributed by atoms with E-state index >= 15 is 0 Å². The van der Waals surface area contributed by atoms with Crippen LogP contribution in [0.4, 0.5) is 0 Å². The highest BCUT2D eigenvalue weighted by atomic mass is 16.5. The molecule has 0 aliphatic heterocycles. The molecule has 1 aromatic heterocycles. The first-order valence-corrected chi connectivity index (χ1v) is 7.03. The van der Waals surface area contributed by atoms with E-state index in [-0.39, 0.29) is 11.2 Å². The van der Waals surface area contributed by atoms with Crippen LogP contribution in [0, 0.1) is 0 Å². The molecule has 2 aromatic rings. The van der Waals surface area contributed by atoms with Crippen molar-refractivity contribution in [2.45, 2.75) is 32.7 Å². The molecule has 4 heteroatoms. The van der Waals surface area contributed by atoms with Crippen molar-refractivity contribution >= 4 is 5.78 Å². The SMILES string of the molecule is CN(C)Cc1ccccc1C(=O)c1cc(C(C)(C)C)on1. The van der Waals surface area contributed by atoms with Crippen molar-refractivity contribution < 1.29 is 9.32 Å². The lowest BCUT2D eigenvalue weighted by Crippen LogP contribution is -2.15. The van der Waals surface area contributed by atoms with Gasteiger partial charge in [0.1, 0.15) is 5.76 Å². The van der Waals surface area contributed by atoms with E-state index in [0.29, 0.717) is 17.8 Å². The average molecular weight is 286 g/mol. The van der Waals surface area contributed by atoms with Crippen LogP contribution in [0.1, 0.15) is 48.1 Å². The number of nitrogens with zero attached hydrogens (tertiary/aromatic N) is 2. The van der Waals surface area contributed by atoms with Crippen LogP contribution in [0.5, 0.6) is 0 Å². The van der Waals surface area contributed by atoms with Crippen LogP contribution < -0.4 is 0 Å². The maximum absolute atomic E-state index is 12.6. The van der Waals surface area contributed by atoms with E-state index in [1.807, 2.05) is 64.0 Å². The van der Waals surface area contributed by atoms with Crippen molar-refractivity contribution in [3.05, 3.63) is 52.9 Å². The van der Waals surface area contributed by atoms with Gasteiger partial charge in [-0.2, -0.15) is 0 Å². The second-order valence-electron chi connectivity index (χ2n) is 6.55. The number of hydrogen-bond acceptors (Lipinski definition) is 4. The van der Waals surface area contributed by atoms with Crippen LogP contribution >= 0.6 is 0 Å². The summed E-state index contributed by atoms with van der Waals surface area (Å²) in [5.41, 5.74) is 1.88.